The Morgan fingerprint density at radius 3 is 2.38 bits per heavy atom. The first-order valence-electron chi connectivity index (χ1n) is 4.49. The van der Waals surface area contributed by atoms with E-state index in [0.29, 0.717) is 13.2 Å². The highest BCUT2D eigenvalue weighted by molar-refractivity contribution is 5.84. The molecule has 0 aromatic carbocycles. The van der Waals surface area contributed by atoms with E-state index >= 15 is 0 Å². The molecule has 0 aliphatic carbocycles. The van der Waals surface area contributed by atoms with Crippen LogP contribution >= 0.6 is 0 Å². The fraction of sp³-hybridized carbons (Fsp3) is 0.889. The summed E-state index contributed by atoms with van der Waals surface area (Å²) < 4.78 is 4.97. The van der Waals surface area contributed by atoms with E-state index < -0.39 is 5.41 Å². The van der Waals surface area contributed by atoms with E-state index in [1.54, 1.807) is 11.9 Å². The summed E-state index contributed by atoms with van der Waals surface area (Å²) in [6, 6.07) is 0.163. The second-order valence-electron chi connectivity index (χ2n) is 3.94. The lowest BCUT2D eigenvalue weighted by Gasteiger charge is -2.41. The summed E-state index contributed by atoms with van der Waals surface area (Å²) in [4.78, 5) is 13.5. The fourth-order valence-electron chi connectivity index (χ4n) is 1.24. The van der Waals surface area contributed by atoms with Gasteiger partial charge in [-0.25, -0.2) is 0 Å². The normalized spacial score (nSPS) is 19.8. The summed E-state index contributed by atoms with van der Waals surface area (Å²) in [6.45, 7) is 4.46. The Kier molecular flexibility index (Phi) is 2.93. The third-order valence-electron chi connectivity index (χ3n) is 2.61. The van der Waals surface area contributed by atoms with E-state index in [1.165, 1.54) is 0 Å². The predicted octanol–water partition coefficient (Wildman–Crippen LogP) is -0.138. The monoisotopic (exact) mass is 187 g/mol. The average Bonchev–Trinajstić information content (AvgIpc) is 2.01. The molecule has 1 aliphatic heterocycles. The number of ether oxygens (including phenoxy) is 1. The van der Waals surface area contributed by atoms with Crippen LogP contribution in [0, 0.1) is 5.41 Å². The van der Waals surface area contributed by atoms with Crippen molar-refractivity contribution in [2.24, 2.45) is 5.41 Å². The van der Waals surface area contributed by atoms with Crippen molar-refractivity contribution < 1.29 is 14.6 Å². The van der Waals surface area contributed by atoms with Crippen molar-refractivity contribution in [2.75, 3.05) is 26.9 Å². The minimum absolute atomic E-state index is 0.0174. The largest absolute Gasteiger partial charge is 0.395 e. The Labute approximate surface area is 78.5 Å². The van der Waals surface area contributed by atoms with Crippen molar-refractivity contribution in [3.05, 3.63) is 0 Å². The van der Waals surface area contributed by atoms with Gasteiger partial charge >= 0.3 is 0 Å². The summed E-state index contributed by atoms with van der Waals surface area (Å²) >= 11 is 0. The molecule has 1 heterocycles. The maximum Gasteiger partial charge on any atom is 0.235 e. The van der Waals surface area contributed by atoms with Crippen molar-refractivity contribution in [3.8, 4) is 0 Å². The number of aliphatic hydroxyl groups excluding tert-OH is 1. The number of carbonyl (C=O) groups is 1. The van der Waals surface area contributed by atoms with Crippen molar-refractivity contribution in [1.82, 2.24) is 4.90 Å². The quantitative estimate of drug-likeness (QED) is 0.669. The van der Waals surface area contributed by atoms with Crippen LogP contribution in [0.1, 0.15) is 13.8 Å². The number of hydrogen-bond acceptors (Lipinski definition) is 3. The van der Waals surface area contributed by atoms with Crippen molar-refractivity contribution in [2.45, 2.75) is 19.9 Å². The molecule has 1 saturated heterocycles. The molecule has 1 fully saturated rings. The van der Waals surface area contributed by atoms with Crippen LogP contribution in [-0.4, -0.2) is 48.8 Å². The van der Waals surface area contributed by atoms with Crippen molar-refractivity contribution >= 4 is 5.91 Å². The van der Waals surface area contributed by atoms with Crippen molar-refractivity contribution in [3.63, 3.8) is 0 Å². The predicted molar refractivity (Wildman–Crippen MR) is 48.2 cm³/mol. The van der Waals surface area contributed by atoms with Crippen LogP contribution in [0.4, 0.5) is 0 Å². The van der Waals surface area contributed by atoms with Crippen LogP contribution in [0.5, 0.6) is 0 Å². The van der Waals surface area contributed by atoms with Crippen LogP contribution in [-0.2, 0) is 9.53 Å². The molecule has 0 aromatic heterocycles. The molecule has 0 radical (unpaired) electrons. The standard InChI is InChI=1S/C9H17NO3/c1-7(2)10(3)8(12)9(4-11)5-13-6-9/h7,11H,4-6H2,1-3H3. The molecule has 0 aromatic rings. The summed E-state index contributed by atoms with van der Waals surface area (Å²) in [5, 5.41) is 9.11. The summed E-state index contributed by atoms with van der Waals surface area (Å²) in [5.74, 6) is -0.0174. The molecule has 1 rings (SSSR count). The second kappa shape index (κ2) is 3.64. The highest BCUT2D eigenvalue weighted by Gasteiger charge is 2.47. The third-order valence-corrected chi connectivity index (χ3v) is 2.61. The minimum Gasteiger partial charge on any atom is -0.395 e. The van der Waals surface area contributed by atoms with E-state index in [2.05, 4.69) is 0 Å². The molecule has 4 heteroatoms. The zero-order valence-electron chi connectivity index (χ0n) is 8.41. The Bertz CT molecular complexity index is 194. The molecule has 0 unspecified atom stereocenters. The molecule has 0 atom stereocenters. The van der Waals surface area contributed by atoms with E-state index in [1.807, 2.05) is 13.8 Å². The van der Waals surface area contributed by atoms with Crippen LogP contribution in [0.3, 0.4) is 0 Å². The van der Waals surface area contributed by atoms with E-state index in [4.69, 9.17) is 9.84 Å². The van der Waals surface area contributed by atoms with Crippen molar-refractivity contribution in [1.29, 1.82) is 0 Å². The van der Waals surface area contributed by atoms with Gasteiger partial charge in [-0.3, -0.25) is 4.79 Å². The lowest BCUT2D eigenvalue weighted by molar-refractivity contribution is -0.180. The number of aliphatic hydroxyl groups is 1. The zero-order valence-corrected chi connectivity index (χ0v) is 8.41. The van der Waals surface area contributed by atoms with E-state index in [-0.39, 0.29) is 18.6 Å². The maximum atomic E-state index is 11.8. The van der Waals surface area contributed by atoms with Gasteiger partial charge in [0.2, 0.25) is 5.91 Å². The van der Waals surface area contributed by atoms with Gasteiger partial charge in [0.25, 0.3) is 0 Å². The maximum absolute atomic E-state index is 11.8. The smallest absolute Gasteiger partial charge is 0.235 e. The van der Waals surface area contributed by atoms with Gasteiger partial charge in [0, 0.05) is 13.1 Å². The molecule has 13 heavy (non-hydrogen) atoms. The first-order chi connectivity index (χ1) is 6.03. The molecular weight excluding hydrogens is 170 g/mol. The molecule has 4 nitrogen and oxygen atoms in total. The first-order valence-corrected chi connectivity index (χ1v) is 4.49. The highest BCUT2D eigenvalue weighted by Crippen LogP contribution is 2.29. The van der Waals surface area contributed by atoms with Gasteiger partial charge in [-0.05, 0) is 13.8 Å². The van der Waals surface area contributed by atoms with Crippen LogP contribution < -0.4 is 0 Å². The van der Waals surface area contributed by atoms with Gasteiger partial charge < -0.3 is 14.7 Å². The Morgan fingerprint density at radius 1 is 1.62 bits per heavy atom. The summed E-state index contributed by atoms with van der Waals surface area (Å²) in [6.07, 6.45) is 0. The van der Waals surface area contributed by atoms with Gasteiger partial charge in [-0.15, -0.1) is 0 Å². The average molecular weight is 187 g/mol. The summed E-state index contributed by atoms with van der Waals surface area (Å²) in [5.41, 5.74) is -0.654. The van der Waals surface area contributed by atoms with Crippen LogP contribution in [0.2, 0.25) is 0 Å². The number of nitrogens with zero attached hydrogens (tertiary/aromatic N) is 1. The molecule has 0 bridgehead atoms. The Balaban J connectivity index is 2.65. The first kappa shape index (κ1) is 10.5. The number of amides is 1. The third kappa shape index (κ3) is 1.69. The Morgan fingerprint density at radius 2 is 2.15 bits per heavy atom. The molecule has 0 spiro atoms. The molecule has 76 valence electrons. The number of carbonyl (C=O) groups excluding carboxylic acids is 1. The van der Waals surface area contributed by atoms with Gasteiger partial charge in [-0.1, -0.05) is 0 Å². The topological polar surface area (TPSA) is 49.8 Å². The minimum atomic E-state index is -0.654. The lowest BCUT2D eigenvalue weighted by atomic mass is 9.85. The van der Waals surface area contributed by atoms with Crippen LogP contribution in [0.25, 0.3) is 0 Å². The SMILES string of the molecule is CC(C)N(C)C(=O)C1(CO)COC1. The lowest BCUT2D eigenvalue weighted by Crippen LogP contribution is -2.57. The zero-order chi connectivity index (χ0) is 10.1. The fourth-order valence-corrected chi connectivity index (χ4v) is 1.24. The molecule has 1 N–H and O–H groups in total. The summed E-state index contributed by atoms with van der Waals surface area (Å²) in [7, 11) is 1.75. The number of rotatable bonds is 3. The highest BCUT2D eigenvalue weighted by atomic mass is 16.5. The molecule has 1 aliphatic rings. The molecule has 0 saturated carbocycles. The number of hydrogen-bond donors (Lipinski definition) is 1. The van der Waals surface area contributed by atoms with Gasteiger partial charge in [-0.2, -0.15) is 0 Å². The Hall–Kier alpha value is -0.610. The molecule has 1 amide bonds. The van der Waals surface area contributed by atoms with E-state index in [0.717, 1.165) is 0 Å². The van der Waals surface area contributed by atoms with E-state index in [9.17, 15) is 4.79 Å². The van der Waals surface area contributed by atoms with Gasteiger partial charge in [0.1, 0.15) is 5.41 Å². The molecular formula is C9H17NO3. The second-order valence-corrected chi connectivity index (χ2v) is 3.94. The van der Waals surface area contributed by atoms with Gasteiger partial charge in [0.15, 0.2) is 0 Å². The van der Waals surface area contributed by atoms with Crippen LogP contribution in [0.15, 0.2) is 0 Å². The van der Waals surface area contributed by atoms with Gasteiger partial charge in [0.05, 0.1) is 19.8 Å².